The molecule has 2 N–H and O–H groups in total. The lowest BCUT2D eigenvalue weighted by atomic mass is 9.97. The number of ether oxygens (including phenoxy) is 1. The molecular formula is C26H33N5O5S. The van der Waals surface area contributed by atoms with Gasteiger partial charge in [-0.05, 0) is 58.4 Å². The number of rotatable bonds is 9. The van der Waals surface area contributed by atoms with E-state index < -0.39 is 10.0 Å². The first-order valence-corrected chi connectivity index (χ1v) is 13.8. The van der Waals surface area contributed by atoms with Crippen LogP contribution in [-0.4, -0.2) is 55.6 Å². The van der Waals surface area contributed by atoms with Gasteiger partial charge in [0.2, 0.25) is 27.6 Å². The van der Waals surface area contributed by atoms with Crippen molar-refractivity contribution in [2.75, 3.05) is 25.5 Å². The molecule has 1 fully saturated rings. The number of aromatic nitrogens is 2. The second-order valence-corrected chi connectivity index (χ2v) is 11.3. The molecule has 0 aliphatic carbocycles. The summed E-state index contributed by atoms with van der Waals surface area (Å²) in [5, 5.41) is 6.97. The molecular weight excluding hydrogens is 494 g/mol. The molecule has 1 aliphatic rings. The molecule has 1 aliphatic heterocycles. The molecule has 1 saturated heterocycles. The third kappa shape index (κ3) is 6.73. The van der Waals surface area contributed by atoms with Crippen molar-refractivity contribution in [3.05, 3.63) is 53.9 Å². The zero-order valence-electron chi connectivity index (χ0n) is 21.5. The van der Waals surface area contributed by atoms with Gasteiger partial charge in [-0.15, -0.1) is 0 Å². The fourth-order valence-electron chi connectivity index (χ4n) is 4.31. The second kappa shape index (κ2) is 11.4. The van der Waals surface area contributed by atoms with Crippen LogP contribution in [0.25, 0.3) is 11.4 Å². The summed E-state index contributed by atoms with van der Waals surface area (Å²) in [5.41, 5.74) is 2.36. The maximum absolute atomic E-state index is 13.2. The van der Waals surface area contributed by atoms with Crippen LogP contribution in [0.15, 0.2) is 51.9 Å². The van der Waals surface area contributed by atoms with Crippen LogP contribution in [0.3, 0.4) is 0 Å². The van der Waals surface area contributed by atoms with Gasteiger partial charge in [-0.1, -0.05) is 35.0 Å². The summed E-state index contributed by atoms with van der Waals surface area (Å²) in [4.78, 5) is 19.9. The molecule has 198 valence electrons. The van der Waals surface area contributed by atoms with Crippen LogP contribution >= 0.6 is 0 Å². The number of aryl methyl sites for hydroxylation is 1. The fourth-order valence-corrected chi connectivity index (χ4v) is 5.59. The number of carbonyl (C=O) groups is 1. The molecule has 1 amide bonds. The second-order valence-electron chi connectivity index (χ2n) is 9.58. The number of likely N-dealkylation sites (tertiary alicyclic amines) is 1. The number of anilines is 1. The number of benzene rings is 2. The van der Waals surface area contributed by atoms with Crippen LogP contribution in [0.1, 0.15) is 38.1 Å². The Morgan fingerprint density at radius 3 is 2.68 bits per heavy atom. The van der Waals surface area contributed by atoms with E-state index in [1.807, 2.05) is 31.2 Å². The Bertz CT molecular complexity index is 1340. The Labute approximate surface area is 217 Å². The van der Waals surface area contributed by atoms with Gasteiger partial charge in [-0.2, -0.15) is 4.98 Å². The van der Waals surface area contributed by atoms with E-state index in [1.165, 1.54) is 19.2 Å². The minimum absolute atomic E-state index is 0.0587. The fraction of sp³-hybridized carbons (Fsp3) is 0.423. The van der Waals surface area contributed by atoms with E-state index in [4.69, 9.17) is 9.26 Å². The number of carbonyl (C=O) groups excluding carboxylic acids is 1. The van der Waals surface area contributed by atoms with E-state index in [-0.39, 0.29) is 22.8 Å². The lowest BCUT2D eigenvalue weighted by molar-refractivity contribution is -0.121. The number of nitrogens with zero attached hydrogens (tertiary/aromatic N) is 3. The summed E-state index contributed by atoms with van der Waals surface area (Å²) in [6.07, 6.45) is 1.55. The van der Waals surface area contributed by atoms with Crippen molar-refractivity contribution in [1.82, 2.24) is 19.8 Å². The number of methoxy groups -OCH3 is 1. The van der Waals surface area contributed by atoms with Gasteiger partial charge in [0.15, 0.2) is 0 Å². The van der Waals surface area contributed by atoms with E-state index in [1.54, 1.807) is 19.9 Å². The lowest BCUT2D eigenvalue weighted by Crippen LogP contribution is -2.40. The van der Waals surface area contributed by atoms with Gasteiger partial charge >= 0.3 is 0 Å². The Balaban J connectivity index is 1.42. The van der Waals surface area contributed by atoms with Gasteiger partial charge < -0.3 is 14.6 Å². The summed E-state index contributed by atoms with van der Waals surface area (Å²) in [7, 11) is -2.24. The van der Waals surface area contributed by atoms with Crippen molar-refractivity contribution in [3.63, 3.8) is 0 Å². The average Bonchev–Trinajstić information content (AvgIpc) is 3.32. The molecule has 37 heavy (non-hydrogen) atoms. The molecule has 1 atom stereocenters. The minimum atomic E-state index is -3.72. The molecule has 0 bridgehead atoms. The molecule has 10 nitrogen and oxygen atoms in total. The third-order valence-electron chi connectivity index (χ3n) is 6.14. The predicted molar refractivity (Wildman–Crippen MR) is 140 cm³/mol. The van der Waals surface area contributed by atoms with Crippen molar-refractivity contribution in [3.8, 4) is 17.1 Å². The number of hydrogen-bond acceptors (Lipinski definition) is 8. The minimum Gasteiger partial charge on any atom is -0.495 e. The lowest BCUT2D eigenvalue weighted by Gasteiger charge is -2.31. The monoisotopic (exact) mass is 527 g/mol. The van der Waals surface area contributed by atoms with Gasteiger partial charge in [-0.3, -0.25) is 9.69 Å². The van der Waals surface area contributed by atoms with Crippen molar-refractivity contribution in [2.24, 2.45) is 5.92 Å². The molecule has 0 saturated carbocycles. The molecule has 2 heterocycles. The first kappa shape index (κ1) is 26.8. The number of nitrogens with one attached hydrogen (secondary N) is 2. The van der Waals surface area contributed by atoms with Crippen LogP contribution < -0.4 is 14.8 Å². The van der Waals surface area contributed by atoms with E-state index in [0.29, 0.717) is 36.2 Å². The summed E-state index contributed by atoms with van der Waals surface area (Å²) in [6.45, 7) is 7.29. The predicted octanol–water partition coefficient (Wildman–Crippen LogP) is 3.59. The average molecular weight is 528 g/mol. The third-order valence-corrected chi connectivity index (χ3v) is 7.80. The van der Waals surface area contributed by atoms with E-state index in [0.717, 1.165) is 30.5 Å². The largest absolute Gasteiger partial charge is 0.495 e. The molecule has 4 rings (SSSR count). The van der Waals surface area contributed by atoms with Gasteiger partial charge in [0.05, 0.1) is 30.2 Å². The summed E-state index contributed by atoms with van der Waals surface area (Å²) < 4.78 is 38.6. The molecule has 11 heteroatoms. The zero-order valence-corrected chi connectivity index (χ0v) is 22.3. The van der Waals surface area contributed by atoms with Crippen molar-refractivity contribution >= 4 is 21.6 Å². The highest BCUT2D eigenvalue weighted by Gasteiger charge is 2.28. The number of hydrogen-bond donors (Lipinski definition) is 2. The molecule has 2 aromatic carbocycles. The van der Waals surface area contributed by atoms with Gasteiger partial charge in [-0.25, -0.2) is 13.1 Å². The van der Waals surface area contributed by atoms with Crippen molar-refractivity contribution in [2.45, 2.75) is 51.1 Å². The Kier molecular flexibility index (Phi) is 8.25. The summed E-state index contributed by atoms with van der Waals surface area (Å²) in [6, 6.07) is 12.1. The standard InChI is InChI=1S/C26H33N5O5S/c1-17(2)30-37(33,34)21-11-12-23(35-4)22(14-21)27-26(32)20-6-5-13-31(15-20)16-24-28-25(29-36-24)19-9-7-18(3)8-10-19/h7-12,14,17,20,30H,5-6,13,15-16H2,1-4H3,(H,27,32). The topological polar surface area (TPSA) is 127 Å². The van der Waals surface area contributed by atoms with Crippen LogP contribution in [0.4, 0.5) is 5.69 Å². The van der Waals surface area contributed by atoms with Crippen LogP contribution in [0.5, 0.6) is 5.75 Å². The number of sulfonamides is 1. The summed E-state index contributed by atoms with van der Waals surface area (Å²) in [5.74, 6) is 0.940. The molecule has 3 aromatic rings. The van der Waals surface area contributed by atoms with E-state index >= 15 is 0 Å². The maximum atomic E-state index is 13.2. The first-order valence-electron chi connectivity index (χ1n) is 12.3. The highest BCUT2D eigenvalue weighted by Crippen LogP contribution is 2.29. The van der Waals surface area contributed by atoms with E-state index in [2.05, 4.69) is 25.1 Å². The first-order chi connectivity index (χ1) is 17.6. The highest BCUT2D eigenvalue weighted by atomic mass is 32.2. The van der Waals surface area contributed by atoms with Gasteiger partial charge in [0.25, 0.3) is 0 Å². The Hall–Kier alpha value is -3.28. The maximum Gasteiger partial charge on any atom is 0.241 e. The normalized spacial score (nSPS) is 16.6. The highest BCUT2D eigenvalue weighted by molar-refractivity contribution is 7.89. The Morgan fingerprint density at radius 1 is 1.22 bits per heavy atom. The Morgan fingerprint density at radius 2 is 1.97 bits per heavy atom. The van der Waals surface area contributed by atoms with E-state index in [9.17, 15) is 13.2 Å². The van der Waals surface area contributed by atoms with Crippen LogP contribution in [0.2, 0.25) is 0 Å². The SMILES string of the molecule is COc1ccc(S(=O)(=O)NC(C)C)cc1NC(=O)C1CCCN(Cc2nc(-c3ccc(C)cc3)no2)C1. The molecule has 1 aromatic heterocycles. The van der Waals surface area contributed by atoms with Gasteiger partial charge in [0, 0.05) is 18.2 Å². The van der Waals surface area contributed by atoms with Gasteiger partial charge in [0.1, 0.15) is 5.75 Å². The van der Waals surface area contributed by atoms with Crippen LogP contribution in [0, 0.1) is 12.8 Å². The quantitative estimate of drug-likeness (QED) is 0.432. The number of piperidine rings is 1. The zero-order chi connectivity index (χ0) is 26.6. The molecule has 1 unspecified atom stereocenters. The van der Waals surface area contributed by atoms with Crippen LogP contribution in [-0.2, 0) is 21.4 Å². The smallest absolute Gasteiger partial charge is 0.241 e. The molecule has 0 radical (unpaired) electrons. The summed E-state index contributed by atoms with van der Waals surface area (Å²) >= 11 is 0. The number of amides is 1. The van der Waals surface area contributed by atoms with Crippen molar-refractivity contribution < 1.29 is 22.5 Å². The molecule has 0 spiro atoms. The van der Waals surface area contributed by atoms with Crippen molar-refractivity contribution in [1.29, 1.82) is 0 Å².